The van der Waals surface area contributed by atoms with E-state index in [0.29, 0.717) is 16.8 Å². The Kier molecular flexibility index (Phi) is 7.99. The van der Waals surface area contributed by atoms with Crippen LogP contribution >= 0.6 is 50.4 Å². The maximum atomic E-state index is 12.7. The number of anilines is 1. The van der Waals surface area contributed by atoms with Crippen LogP contribution in [0.3, 0.4) is 0 Å². The fraction of sp³-hybridized carbons (Fsp3) is 0.111. The van der Waals surface area contributed by atoms with Gasteiger partial charge in [0.05, 0.1) is 11.4 Å². The highest BCUT2D eigenvalue weighted by molar-refractivity contribution is 9.10. The molecule has 5 aromatic rings. The van der Waals surface area contributed by atoms with Crippen LogP contribution in [0.1, 0.15) is 4.88 Å². The van der Waals surface area contributed by atoms with Crippen molar-refractivity contribution in [2.45, 2.75) is 18.6 Å². The van der Waals surface area contributed by atoms with Crippen LogP contribution in [-0.2, 0) is 11.3 Å². The van der Waals surface area contributed by atoms with Gasteiger partial charge >= 0.3 is 0 Å². The Labute approximate surface area is 235 Å². The Morgan fingerprint density at radius 3 is 2.62 bits per heavy atom. The van der Waals surface area contributed by atoms with Crippen molar-refractivity contribution in [1.82, 2.24) is 19.7 Å². The van der Waals surface area contributed by atoms with E-state index in [9.17, 15) is 4.79 Å². The first-order valence-corrected chi connectivity index (χ1v) is 14.9. The van der Waals surface area contributed by atoms with Gasteiger partial charge in [0.1, 0.15) is 0 Å². The predicted molar refractivity (Wildman–Crippen MR) is 158 cm³/mol. The molecule has 6 nitrogen and oxygen atoms in total. The highest BCUT2D eigenvalue weighted by atomic mass is 79.9. The summed E-state index contributed by atoms with van der Waals surface area (Å²) in [7, 11) is 0. The molecule has 5 rings (SSSR count). The van der Waals surface area contributed by atoms with E-state index in [0.717, 1.165) is 38.2 Å². The van der Waals surface area contributed by atoms with Gasteiger partial charge in [0, 0.05) is 43.3 Å². The van der Waals surface area contributed by atoms with E-state index in [1.165, 1.54) is 28.0 Å². The van der Waals surface area contributed by atoms with Gasteiger partial charge in [-0.15, -0.1) is 39.4 Å². The molecule has 0 fully saturated rings. The number of thiazole rings is 1. The zero-order valence-corrected chi connectivity index (χ0v) is 23.9. The molecule has 0 aliphatic rings. The summed E-state index contributed by atoms with van der Waals surface area (Å²) >= 11 is 7.89. The summed E-state index contributed by atoms with van der Waals surface area (Å²) in [5, 5.41) is 17.1. The molecule has 186 valence electrons. The molecule has 0 saturated heterocycles. The lowest BCUT2D eigenvalue weighted by Gasteiger charge is -2.09. The van der Waals surface area contributed by atoms with Crippen LogP contribution in [0.25, 0.3) is 33.8 Å². The Hall–Kier alpha value is -3.05. The Morgan fingerprint density at radius 1 is 1.08 bits per heavy atom. The Balaban J connectivity index is 1.31. The van der Waals surface area contributed by atoms with Crippen molar-refractivity contribution in [2.24, 2.45) is 0 Å². The Morgan fingerprint density at radius 2 is 1.86 bits per heavy atom. The largest absolute Gasteiger partial charge is 0.301 e. The number of hydrogen-bond donors (Lipinski definition) is 1. The van der Waals surface area contributed by atoms with Crippen LogP contribution in [0.2, 0.25) is 0 Å². The summed E-state index contributed by atoms with van der Waals surface area (Å²) in [5.41, 5.74) is 5.16. The van der Waals surface area contributed by atoms with Crippen molar-refractivity contribution in [3.05, 3.63) is 87.4 Å². The minimum absolute atomic E-state index is 0.146. The van der Waals surface area contributed by atoms with Gasteiger partial charge in [-0.25, -0.2) is 4.98 Å². The highest BCUT2D eigenvalue weighted by Crippen LogP contribution is 2.39. The number of thioether (sulfide) groups is 1. The quantitative estimate of drug-likeness (QED) is 0.137. The average molecular weight is 609 g/mol. The fourth-order valence-electron chi connectivity index (χ4n) is 3.84. The van der Waals surface area contributed by atoms with Crippen LogP contribution in [0, 0.1) is 6.92 Å². The number of aryl methyl sites for hydroxylation is 1. The number of amides is 1. The molecule has 3 aromatic heterocycles. The number of nitrogens with zero attached hydrogens (tertiary/aromatic N) is 4. The number of carbonyl (C=O) groups excluding carboxylic acids is 1. The van der Waals surface area contributed by atoms with Crippen LogP contribution in [-0.4, -0.2) is 31.4 Å². The first-order valence-electron chi connectivity index (χ1n) is 11.4. The number of nitrogens with one attached hydrogen (secondary N) is 1. The normalized spacial score (nSPS) is 11.0. The minimum atomic E-state index is -0.146. The molecule has 0 spiro atoms. The van der Waals surface area contributed by atoms with Gasteiger partial charge in [-0.3, -0.25) is 9.36 Å². The van der Waals surface area contributed by atoms with Gasteiger partial charge in [0.2, 0.25) is 5.91 Å². The number of halogens is 1. The molecule has 1 amide bonds. The summed E-state index contributed by atoms with van der Waals surface area (Å²) in [6.07, 6.45) is 1.82. The second-order valence-corrected chi connectivity index (χ2v) is 11.8. The van der Waals surface area contributed by atoms with E-state index in [4.69, 9.17) is 0 Å². The number of aromatic nitrogens is 4. The van der Waals surface area contributed by atoms with Crippen molar-refractivity contribution in [3.63, 3.8) is 0 Å². The number of allylic oxidation sites excluding steroid dienone is 1. The van der Waals surface area contributed by atoms with Gasteiger partial charge in [0.15, 0.2) is 16.1 Å². The summed E-state index contributed by atoms with van der Waals surface area (Å²) in [6, 6.07) is 18.2. The van der Waals surface area contributed by atoms with Gasteiger partial charge in [0.25, 0.3) is 0 Å². The molecule has 0 unspecified atom stereocenters. The van der Waals surface area contributed by atoms with Gasteiger partial charge < -0.3 is 5.32 Å². The van der Waals surface area contributed by atoms with Crippen molar-refractivity contribution in [1.29, 1.82) is 0 Å². The second kappa shape index (κ2) is 11.6. The predicted octanol–water partition coefficient (Wildman–Crippen LogP) is 7.78. The van der Waals surface area contributed by atoms with Crippen LogP contribution in [0.15, 0.2) is 87.6 Å². The second-order valence-electron chi connectivity index (χ2n) is 8.03. The number of benzene rings is 2. The third kappa shape index (κ3) is 5.77. The molecule has 0 aliphatic heterocycles. The zero-order valence-electron chi connectivity index (χ0n) is 19.8. The average Bonchev–Trinajstić information content (AvgIpc) is 3.63. The number of hydrogen-bond acceptors (Lipinski definition) is 7. The van der Waals surface area contributed by atoms with Crippen molar-refractivity contribution < 1.29 is 4.79 Å². The molecular weight excluding hydrogens is 586 g/mol. The monoisotopic (exact) mass is 607 g/mol. The molecular formula is C27H22BrN5OS3. The van der Waals surface area contributed by atoms with Crippen LogP contribution in [0.4, 0.5) is 5.13 Å². The van der Waals surface area contributed by atoms with Gasteiger partial charge in [-0.05, 0) is 24.6 Å². The SMILES string of the molecule is C=CCn1c(SCC(=O)Nc2nc(-c3ccc(Br)cc3)cs2)nnc1-c1csc(C)c1-c1ccccc1. The molecule has 0 bridgehead atoms. The van der Waals surface area contributed by atoms with E-state index in [1.807, 2.05) is 58.5 Å². The summed E-state index contributed by atoms with van der Waals surface area (Å²) in [5.74, 6) is 0.814. The standard InChI is InChI=1S/C27H22BrN5OS3/c1-3-13-33-25(21-14-35-17(2)24(21)19-7-5-4-6-8-19)31-32-27(33)37-16-23(34)30-26-29-22(15-36-26)18-9-11-20(28)12-10-18/h3-12,14-15H,1,13,16H2,2H3,(H,29,30,34). The molecule has 0 aliphatic carbocycles. The molecule has 3 heterocycles. The van der Waals surface area contributed by atoms with Gasteiger partial charge in [-0.1, -0.05) is 76.2 Å². The minimum Gasteiger partial charge on any atom is -0.301 e. The van der Waals surface area contributed by atoms with Crippen molar-refractivity contribution in [2.75, 3.05) is 11.1 Å². The first kappa shape index (κ1) is 25.6. The zero-order chi connectivity index (χ0) is 25.8. The third-order valence-corrected chi connectivity index (χ3v) is 8.69. The Bertz CT molecular complexity index is 1540. The van der Waals surface area contributed by atoms with E-state index in [2.05, 4.69) is 67.4 Å². The number of thiophene rings is 1. The summed E-state index contributed by atoms with van der Waals surface area (Å²) in [4.78, 5) is 18.5. The van der Waals surface area contributed by atoms with Crippen LogP contribution in [0.5, 0.6) is 0 Å². The maximum Gasteiger partial charge on any atom is 0.236 e. The first-order chi connectivity index (χ1) is 18.0. The van der Waals surface area contributed by atoms with Gasteiger partial charge in [-0.2, -0.15) is 0 Å². The molecule has 0 radical (unpaired) electrons. The molecule has 0 atom stereocenters. The van der Waals surface area contributed by atoms with E-state index >= 15 is 0 Å². The molecule has 37 heavy (non-hydrogen) atoms. The molecule has 2 aromatic carbocycles. The fourth-order valence-corrected chi connectivity index (χ4v) is 6.45. The molecule has 1 N–H and O–H groups in total. The van der Waals surface area contributed by atoms with Crippen molar-refractivity contribution in [3.8, 4) is 33.8 Å². The topological polar surface area (TPSA) is 72.7 Å². The van der Waals surface area contributed by atoms with Crippen LogP contribution < -0.4 is 5.32 Å². The molecule has 10 heteroatoms. The maximum absolute atomic E-state index is 12.7. The summed E-state index contributed by atoms with van der Waals surface area (Å²) in [6.45, 7) is 6.57. The van der Waals surface area contributed by atoms with E-state index in [1.54, 1.807) is 11.3 Å². The number of rotatable bonds is 9. The van der Waals surface area contributed by atoms with Crippen molar-refractivity contribution >= 4 is 61.4 Å². The van der Waals surface area contributed by atoms with E-state index in [-0.39, 0.29) is 11.7 Å². The molecule has 0 saturated carbocycles. The summed E-state index contributed by atoms with van der Waals surface area (Å²) < 4.78 is 3.02. The highest BCUT2D eigenvalue weighted by Gasteiger charge is 2.21. The third-order valence-electron chi connectivity index (χ3n) is 5.53. The smallest absolute Gasteiger partial charge is 0.236 e. The lowest BCUT2D eigenvalue weighted by molar-refractivity contribution is -0.113. The lowest BCUT2D eigenvalue weighted by atomic mass is 10.0. The lowest BCUT2D eigenvalue weighted by Crippen LogP contribution is -2.14. The number of carbonyl (C=O) groups is 1. The van der Waals surface area contributed by atoms with E-state index < -0.39 is 0 Å².